The topological polar surface area (TPSA) is 34.9 Å². The van der Waals surface area contributed by atoms with Crippen molar-refractivity contribution in [3.05, 3.63) is 28.4 Å². The maximum absolute atomic E-state index is 11.5. The molecule has 3 heteroatoms. The van der Waals surface area contributed by atoms with Crippen molar-refractivity contribution in [3.63, 3.8) is 0 Å². The summed E-state index contributed by atoms with van der Waals surface area (Å²) in [5.41, 5.74) is 1.05. The summed E-state index contributed by atoms with van der Waals surface area (Å²) in [6.07, 6.45) is 4.05. The molecule has 1 aliphatic carbocycles. The maximum Gasteiger partial charge on any atom is 0.253 e. The van der Waals surface area contributed by atoms with E-state index in [2.05, 4.69) is 4.98 Å². The molecule has 13 heavy (non-hydrogen) atoms. The minimum Gasteiger partial charge on any atom is -0.297 e. The van der Waals surface area contributed by atoms with Crippen molar-refractivity contribution in [2.45, 2.75) is 38.6 Å². The van der Waals surface area contributed by atoms with E-state index in [-0.39, 0.29) is 11.6 Å². The second-order valence-corrected chi connectivity index (χ2v) is 3.93. The van der Waals surface area contributed by atoms with Crippen molar-refractivity contribution in [1.29, 1.82) is 0 Å². The molecule has 1 saturated carbocycles. The van der Waals surface area contributed by atoms with Gasteiger partial charge in [-0.15, -0.1) is 0 Å². The predicted molar refractivity (Wildman–Crippen MR) is 50.9 cm³/mol. The van der Waals surface area contributed by atoms with E-state index in [4.69, 9.17) is 0 Å². The van der Waals surface area contributed by atoms with Crippen LogP contribution >= 0.6 is 0 Å². The van der Waals surface area contributed by atoms with Gasteiger partial charge in [-0.2, -0.15) is 0 Å². The molecule has 2 rings (SSSR count). The quantitative estimate of drug-likeness (QED) is 0.691. The van der Waals surface area contributed by atoms with E-state index in [1.807, 2.05) is 13.8 Å². The minimum absolute atomic E-state index is 0.0758. The Bertz CT molecular complexity index is 363. The van der Waals surface area contributed by atoms with E-state index in [1.165, 1.54) is 12.8 Å². The van der Waals surface area contributed by atoms with Gasteiger partial charge in [-0.25, -0.2) is 4.98 Å². The first-order valence-corrected chi connectivity index (χ1v) is 4.76. The molecule has 0 bridgehead atoms. The van der Waals surface area contributed by atoms with Gasteiger partial charge in [0.15, 0.2) is 0 Å². The van der Waals surface area contributed by atoms with Gasteiger partial charge in [0.25, 0.3) is 5.56 Å². The van der Waals surface area contributed by atoms with Gasteiger partial charge in [-0.3, -0.25) is 9.36 Å². The highest BCUT2D eigenvalue weighted by molar-refractivity contribution is 5.12. The molecule has 0 saturated heterocycles. The molecule has 1 aromatic rings. The van der Waals surface area contributed by atoms with Crippen LogP contribution in [-0.2, 0) is 0 Å². The molecule has 0 amide bonds. The van der Waals surface area contributed by atoms with Gasteiger partial charge in [0.1, 0.15) is 0 Å². The van der Waals surface area contributed by atoms with Crippen LogP contribution in [0.2, 0.25) is 0 Å². The van der Waals surface area contributed by atoms with Crippen molar-refractivity contribution in [2.24, 2.45) is 0 Å². The highest BCUT2D eigenvalue weighted by atomic mass is 16.1. The Morgan fingerprint density at radius 2 is 2.23 bits per heavy atom. The average Bonchev–Trinajstić information content (AvgIpc) is 2.85. The minimum atomic E-state index is 0.0758. The number of rotatable bonds is 2. The van der Waals surface area contributed by atoms with Crippen LogP contribution in [0.3, 0.4) is 0 Å². The van der Waals surface area contributed by atoms with Crippen LogP contribution in [0.15, 0.2) is 17.2 Å². The summed E-state index contributed by atoms with van der Waals surface area (Å²) >= 11 is 0. The van der Waals surface area contributed by atoms with Crippen LogP contribution in [0.4, 0.5) is 0 Å². The fraction of sp³-hybridized carbons (Fsp3) is 0.600. The largest absolute Gasteiger partial charge is 0.297 e. The lowest BCUT2D eigenvalue weighted by atomic mass is 10.3. The zero-order valence-electron chi connectivity index (χ0n) is 8.03. The van der Waals surface area contributed by atoms with Crippen molar-refractivity contribution < 1.29 is 0 Å². The third-order valence-electron chi connectivity index (χ3n) is 2.41. The molecule has 1 aromatic heterocycles. The van der Waals surface area contributed by atoms with E-state index in [0.29, 0.717) is 5.92 Å². The first-order valence-electron chi connectivity index (χ1n) is 4.76. The molecule has 0 aromatic carbocycles. The summed E-state index contributed by atoms with van der Waals surface area (Å²) in [7, 11) is 0. The van der Waals surface area contributed by atoms with Gasteiger partial charge in [0, 0.05) is 18.0 Å². The highest BCUT2D eigenvalue weighted by Crippen LogP contribution is 2.38. The Morgan fingerprint density at radius 1 is 1.54 bits per heavy atom. The van der Waals surface area contributed by atoms with E-state index >= 15 is 0 Å². The van der Waals surface area contributed by atoms with Crippen molar-refractivity contribution in [3.8, 4) is 0 Å². The summed E-state index contributed by atoms with van der Waals surface area (Å²) in [5, 5.41) is 0. The van der Waals surface area contributed by atoms with Gasteiger partial charge < -0.3 is 0 Å². The monoisotopic (exact) mass is 178 g/mol. The Labute approximate surface area is 77.4 Å². The zero-order valence-corrected chi connectivity index (χ0v) is 8.03. The number of hydrogen-bond donors (Lipinski definition) is 0. The maximum atomic E-state index is 11.5. The van der Waals surface area contributed by atoms with Crippen LogP contribution in [-0.4, -0.2) is 9.55 Å². The normalized spacial score (nSPS) is 16.5. The molecule has 1 aliphatic rings. The standard InChI is InChI=1S/C10H14N2O/c1-7(2)12-6-11-9(5-10(12)13)8-3-4-8/h5-8H,3-4H2,1-2H3. The first kappa shape index (κ1) is 8.48. The van der Waals surface area contributed by atoms with E-state index in [9.17, 15) is 4.79 Å². The van der Waals surface area contributed by atoms with Crippen LogP contribution in [0.5, 0.6) is 0 Å². The van der Waals surface area contributed by atoms with Gasteiger partial charge in [0.05, 0.1) is 12.0 Å². The lowest BCUT2D eigenvalue weighted by Gasteiger charge is -2.08. The molecule has 0 spiro atoms. The first-order chi connectivity index (χ1) is 6.18. The molecule has 1 heterocycles. The summed E-state index contributed by atoms with van der Waals surface area (Å²) in [6.45, 7) is 3.97. The predicted octanol–water partition coefficient (Wildman–Crippen LogP) is 1.70. The van der Waals surface area contributed by atoms with E-state index in [1.54, 1.807) is 17.0 Å². The average molecular weight is 178 g/mol. The van der Waals surface area contributed by atoms with Crippen LogP contribution in [0, 0.1) is 0 Å². The van der Waals surface area contributed by atoms with Gasteiger partial charge in [-0.05, 0) is 26.7 Å². The number of aromatic nitrogens is 2. The molecule has 70 valence electrons. The Morgan fingerprint density at radius 3 is 2.69 bits per heavy atom. The third kappa shape index (κ3) is 1.64. The molecule has 0 unspecified atom stereocenters. The Hall–Kier alpha value is -1.12. The van der Waals surface area contributed by atoms with Crippen molar-refractivity contribution >= 4 is 0 Å². The van der Waals surface area contributed by atoms with Crippen LogP contribution < -0.4 is 5.56 Å². The third-order valence-corrected chi connectivity index (χ3v) is 2.41. The lowest BCUT2D eigenvalue weighted by Crippen LogP contribution is -2.21. The molecule has 0 aliphatic heterocycles. The summed E-state index contributed by atoms with van der Waals surface area (Å²) in [5.74, 6) is 0.564. The summed E-state index contributed by atoms with van der Waals surface area (Å²) in [4.78, 5) is 15.8. The second kappa shape index (κ2) is 2.98. The van der Waals surface area contributed by atoms with Crippen LogP contribution in [0.1, 0.15) is 44.3 Å². The molecule has 0 N–H and O–H groups in total. The lowest BCUT2D eigenvalue weighted by molar-refractivity contribution is 0.564. The molecule has 3 nitrogen and oxygen atoms in total. The fourth-order valence-corrected chi connectivity index (χ4v) is 1.41. The van der Waals surface area contributed by atoms with E-state index < -0.39 is 0 Å². The zero-order chi connectivity index (χ0) is 9.42. The highest BCUT2D eigenvalue weighted by Gasteiger charge is 2.25. The van der Waals surface area contributed by atoms with Gasteiger partial charge in [-0.1, -0.05) is 0 Å². The fourth-order valence-electron chi connectivity index (χ4n) is 1.41. The van der Waals surface area contributed by atoms with Gasteiger partial charge in [0.2, 0.25) is 0 Å². The molecule has 1 fully saturated rings. The Kier molecular flexibility index (Phi) is 1.94. The smallest absolute Gasteiger partial charge is 0.253 e. The van der Waals surface area contributed by atoms with Gasteiger partial charge >= 0.3 is 0 Å². The number of nitrogens with zero attached hydrogens (tertiary/aromatic N) is 2. The molecular weight excluding hydrogens is 164 g/mol. The van der Waals surface area contributed by atoms with E-state index in [0.717, 1.165) is 5.69 Å². The summed E-state index contributed by atoms with van der Waals surface area (Å²) in [6, 6.07) is 1.88. The molecule has 0 atom stereocenters. The van der Waals surface area contributed by atoms with Crippen molar-refractivity contribution in [2.75, 3.05) is 0 Å². The molecule has 0 radical (unpaired) electrons. The summed E-state index contributed by atoms with van der Waals surface area (Å²) < 4.78 is 1.66. The number of hydrogen-bond acceptors (Lipinski definition) is 2. The van der Waals surface area contributed by atoms with Crippen molar-refractivity contribution in [1.82, 2.24) is 9.55 Å². The second-order valence-electron chi connectivity index (χ2n) is 3.93. The van der Waals surface area contributed by atoms with Crippen LogP contribution in [0.25, 0.3) is 0 Å². The molecular formula is C10H14N2O. The SMILES string of the molecule is CC(C)n1cnc(C2CC2)cc1=O. The Balaban J connectivity index is 2.37.